The van der Waals surface area contributed by atoms with Gasteiger partial charge in [-0.25, -0.2) is 4.79 Å². The summed E-state index contributed by atoms with van der Waals surface area (Å²) >= 11 is 4.64. The molecule has 19 nitrogen and oxygen atoms in total. The minimum absolute atomic E-state index is 0.106. The van der Waals surface area contributed by atoms with E-state index in [9.17, 15) is 43.5 Å². The molecule has 2 aliphatic heterocycles. The zero-order valence-corrected chi connectivity index (χ0v) is 40.0. The van der Waals surface area contributed by atoms with Gasteiger partial charge in [0.1, 0.15) is 17.5 Å². The summed E-state index contributed by atoms with van der Waals surface area (Å²) in [6, 6.07) is 20.6. The molecule has 0 saturated carbocycles. The van der Waals surface area contributed by atoms with Gasteiger partial charge < -0.3 is 52.6 Å². The van der Waals surface area contributed by atoms with E-state index in [-0.39, 0.29) is 63.1 Å². The Hall–Kier alpha value is -7.77. The van der Waals surface area contributed by atoms with Crippen LogP contribution in [-0.2, 0) is 30.4 Å². The lowest BCUT2D eigenvalue weighted by atomic mass is 10.0. The predicted octanol–water partition coefficient (Wildman–Crippen LogP) is 5.04. The number of hydrogen-bond acceptors (Lipinski definition) is 10. The molecule has 1 aromatic heterocycles. The van der Waals surface area contributed by atoms with E-state index in [2.05, 4.69) is 62.3 Å². The lowest BCUT2D eigenvalue weighted by Gasteiger charge is -2.19. The number of amides is 9. The fourth-order valence-corrected chi connectivity index (χ4v) is 7.73. The maximum atomic E-state index is 13.7. The van der Waals surface area contributed by atoms with Crippen molar-refractivity contribution in [1.29, 1.82) is 0 Å². The molecule has 0 bridgehead atoms. The number of nitrogens with zero attached hydrogens (tertiary/aromatic N) is 2. The highest BCUT2D eigenvalue weighted by atomic mass is 35.5. The number of halogens is 1. The summed E-state index contributed by atoms with van der Waals surface area (Å²) in [5.74, 6) is -2.66. The molecule has 0 aliphatic carbocycles. The van der Waals surface area contributed by atoms with Gasteiger partial charge in [0.2, 0.25) is 17.7 Å². The van der Waals surface area contributed by atoms with Gasteiger partial charge in [0, 0.05) is 97.0 Å². The number of rotatable bonds is 19. The first-order valence-corrected chi connectivity index (χ1v) is 23.6. The van der Waals surface area contributed by atoms with Crippen LogP contribution >= 0.6 is 11.6 Å². The van der Waals surface area contributed by atoms with Crippen LogP contribution in [0.2, 0.25) is 0 Å². The van der Waals surface area contributed by atoms with Crippen LogP contribution in [0.3, 0.4) is 0 Å². The number of carbonyl (C=O) groups excluding carboxylic acids is 8. The highest BCUT2D eigenvalue weighted by molar-refractivity contribution is 6.15. The molecule has 4 aromatic carbocycles. The smallest absolute Gasteiger partial charge is 0.312 e. The van der Waals surface area contributed by atoms with Gasteiger partial charge >= 0.3 is 6.03 Å². The molecule has 0 unspecified atom stereocenters. The molecule has 5 aromatic rings. The Morgan fingerprint density at radius 2 is 1.49 bits per heavy atom. The van der Waals surface area contributed by atoms with Crippen LogP contribution in [0.4, 0.5) is 21.9 Å². The van der Waals surface area contributed by atoms with Crippen molar-refractivity contribution >= 4 is 97.7 Å². The number of carbonyl (C=O) groups is 8. The second-order valence-corrected chi connectivity index (χ2v) is 16.2. The molecule has 0 radical (unpaired) electrons. The molecule has 20 heteroatoms. The van der Waals surface area contributed by atoms with Crippen molar-refractivity contribution in [3.8, 4) is 5.75 Å². The van der Waals surface area contributed by atoms with E-state index in [1.807, 2.05) is 24.3 Å². The zero-order chi connectivity index (χ0) is 50.7. The van der Waals surface area contributed by atoms with E-state index in [0.717, 1.165) is 21.2 Å². The number of benzene rings is 4. The van der Waals surface area contributed by atoms with Crippen LogP contribution in [-0.4, -0.2) is 114 Å². The highest BCUT2D eigenvalue weighted by Gasteiger charge is 2.29. The molecule has 2 aliphatic rings. The van der Waals surface area contributed by atoms with Gasteiger partial charge in [-0.15, -0.1) is 11.6 Å². The lowest BCUT2D eigenvalue weighted by Crippen LogP contribution is -2.47. The number of alkyl halides is 1. The fraction of sp³-hybridized carbons (Fsp3) is 0.320. The number of aromatic hydroxyl groups is 1. The average Bonchev–Trinajstić information content (AvgIpc) is 4.07. The summed E-state index contributed by atoms with van der Waals surface area (Å²) in [4.78, 5) is 106. The number of aromatic amines is 1. The molecule has 1 atom stereocenters. The number of hydrogen-bond donors (Lipinski definition) is 9. The van der Waals surface area contributed by atoms with Crippen molar-refractivity contribution < 1.29 is 43.5 Å². The third-order valence-electron chi connectivity index (χ3n) is 11.0. The number of aromatic nitrogens is 1. The first-order valence-electron chi connectivity index (χ1n) is 22.9. The Morgan fingerprint density at radius 3 is 2.19 bits per heavy atom. The van der Waals surface area contributed by atoms with Crippen LogP contribution in [0.5, 0.6) is 5.75 Å². The van der Waals surface area contributed by atoms with Crippen LogP contribution in [0.1, 0.15) is 72.4 Å². The topological polar surface area (TPSA) is 277 Å². The molecular formula is C50H59ClN10O9. The summed E-state index contributed by atoms with van der Waals surface area (Å²) < 4.78 is 0. The van der Waals surface area contributed by atoms with E-state index < -0.39 is 41.6 Å². The lowest BCUT2D eigenvalue weighted by molar-refractivity contribution is -0.137. The number of nitrogens with one attached hydrogen (secondary N) is 7. The number of H-pyrrole nitrogens is 1. The number of phenolic OH excluding ortho intramolecular Hbond substituents is 1. The standard InChI is InChI=1S/C46H48N10O9.C3H8.CH3Cl/c47-46(65)50-18-3-7-35(54-40(59)26-48-19-20-49-39(58)8-4-21-56-41(60)15-16-42(56)61)44(63)51-29-11-9-27(10-12-29)43(62)52-30-13-14-34-28(23-30)24-36(53-34)45(64)55-22-17-32-31-5-1-2-6-33(31)38(57)25-37(32)55;1-3-2;1-2/h1-2,5-6,9-16,23-25,35,48,53,57H,3-4,7-8,17-22,26H2,(H,49,58)(H,51,63)(H,52,62)(H,54,59)(H3,47,50,65);3H2,1-2H3;1H3/t35-;;/m0../s1. The second-order valence-electron chi connectivity index (χ2n) is 16.2. The molecular weight excluding hydrogens is 920 g/mol. The number of urea groups is 1. The molecule has 10 N–H and O–H groups in total. The molecule has 0 spiro atoms. The van der Waals surface area contributed by atoms with Crippen molar-refractivity contribution in [3.05, 3.63) is 108 Å². The van der Waals surface area contributed by atoms with Crippen molar-refractivity contribution in [3.63, 3.8) is 0 Å². The Bertz CT molecular complexity index is 2720. The molecule has 9 amide bonds. The first-order chi connectivity index (χ1) is 33.8. The van der Waals surface area contributed by atoms with Crippen LogP contribution in [0.15, 0.2) is 91.0 Å². The van der Waals surface area contributed by atoms with Crippen molar-refractivity contribution in [2.24, 2.45) is 5.73 Å². The predicted molar refractivity (Wildman–Crippen MR) is 270 cm³/mol. The molecule has 370 valence electrons. The van der Waals surface area contributed by atoms with Gasteiger partial charge in [-0.2, -0.15) is 0 Å². The average molecular weight is 980 g/mol. The molecule has 0 fully saturated rings. The van der Waals surface area contributed by atoms with E-state index in [1.165, 1.54) is 37.1 Å². The molecule has 0 saturated heterocycles. The summed E-state index contributed by atoms with van der Waals surface area (Å²) in [5, 5.41) is 29.4. The van der Waals surface area contributed by atoms with Crippen LogP contribution < -0.4 is 42.5 Å². The number of anilines is 3. The Kier molecular flexibility index (Phi) is 19.8. The molecule has 70 heavy (non-hydrogen) atoms. The monoisotopic (exact) mass is 978 g/mol. The number of imide groups is 1. The number of fused-ring (bicyclic) bond motifs is 4. The van der Waals surface area contributed by atoms with Gasteiger partial charge in [0.05, 0.1) is 12.2 Å². The largest absolute Gasteiger partial charge is 0.507 e. The van der Waals surface area contributed by atoms with E-state index in [0.29, 0.717) is 65.0 Å². The SMILES string of the molecule is CCC.CCl.NC(=O)NCCC[C@H](NC(=O)CNCCNC(=O)CCCN1C(=O)C=CC1=O)C(=O)Nc1ccc(C(=O)Nc2ccc3[nH]c(C(=O)N4CCc5c4cc(O)c4ccccc54)cc3c2)cc1. The Morgan fingerprint density at radius 1 is 0.800 bits per heavy atom. The Balaban J connectivity index is 0.00000176. The third-order valence-corrected chi connectivity index (χ3v) is 11.0. The summed E-state index contributed by atoms with van der Waals surface area (Å²) in [7, 11) is 0. The first kappa shape index (κ1) is 53.2. The minimum atomic E-state index is -0.995. The number of primary amides is 1. The zero-order valence-electron chi connectivity index (χ0n) is 39.3. The summed E-state index contributed by atoms with van der Waals surface area (Å²) in [5.41, 5.74) is 9.05. The maximum Gasteiger partial charge on any atom is 0.312 e. The van der Waals surface area contributed by atoms with Crippen molar-refractivity contribution in [1.82, 2.24) is 31.2 Å². The van der Waals surface area contributed by atoms with E-state index in [4.69, 9.17) is 5.73 Å². The van der Waals surface area contributed by atoms with Crippen LogP contribution in [0, 0.1) is 0 Å². The van der Waals surface area contributed by atoms with Gasteiger partial charge in [0.15, 0.2) is 0 Å². The third kappa shape index (κ3) is 14.4. The van der Waals surface area contributed by atoms with Crippen molar-refractivity contribution in [2.45, 2.75) is 58.4 Å². The number of phenols is 1. The quantitative estimate of drug-likeness (QED) is 0.0302. The van der Waals surface area contributed by atoms with Gasteiger partial charge in [-0.05, 0) is 85.2 Å². The maximum absolute atomic E-state index is 13.7. The highest BCUT2D eigenvalue weighted by Crippen LogP contribution is 2.40. The van der Waals surface area contributed by atoms with Gasteiger partial charge in [0.25, 0.3) is 23.6 Å². The Labute approximate surface area is 409 Å². The minimum Gasteiger partial charge on any atom is -0.507 e. The second kappa shape index (κ2) is 26.1. The molecule has 7 rings (SSSR count). The normalized spacial score (nSPS) is 12.9. The summed E-state index contributed by atoms with van der Waals surface area (Å²) in [6.45, 7) is 5.31. The van der Waals surface area contributed by atoms with Gasteiger partial charge in [-0.3, -0.25) is 38.5 Å². The van der Waals surface area contributed by atoms with Crippen LogP contribution in [0.25, 0.3) is 21.7 Å². The number of nitrogens with two attached hydrogens (primary N) is 1. The summed E-state index contributed by atoms with van der Waals surface area (Å²) in [6.07, 6.45) is 6.64. The molecule has 3 heterocycles. The van der Waals surface area contributed by atoms with Crippen molar-refractivity contribution in [2.75, 3.05) is 61.2 Å². The van der Waals surface area contributed by atoms with Gasteiger partial charge in [-0.1, -0.05) is 44.5 Å². The van der Waals surface area contributed by atoms with E-state index in [1.54, 1.807) is 47.4 Å². The van der Waals surface area contributed by atoms with E-state index >= 15 is 0 Å². The fourth-order valence-electron chi connectivity index (χ4n) is 7.73.